The number of hydrogen-bond donors (Lipinski definition) is 1. The van der Waals surface area contributed by atoms with E-state index in [0.29, 0.717) is 17.5 Å². The Morgan fingerprint density at radius 2 is 2.00 bits per heavy atom. The third-order valence-electron chi connectivity index (χ3n) is 4.32. The number of hydrogen-bond acceptors (Lipinski definition) is 5. The first-order chi connectivity index (χ1) is 11.4. The van der Waals surface area contributed by atoms with Crippen LogP contribution < -0.4 is 0 Å². The summed E-state index contributed by atoms with van der Waals surface area (Å²) in [6.07, 6.45) is 1.53. The predicted octanol–water partition coefficient (Wildman–Crippen LogP) is 3.70. The van der Waals surface area contributed by atoms with E-state index >= 15 is 0 Å². The van der Waals surface area contributed by atoms with Crippen LogP contribution in [0.4, 0.5) is 5.69 Å². The highest BCUT2D eigenvalue weighted by Gasteiger charge is 2.32. The van der Waals surface area contributed by atoms with E-state index in [2.05, 4.69) is 0 Å². The minimum Gasteiger partial charge on any atom is -0.481 e. The van der Waals surface area contributed by atoms with E-state index in [1.807, 2.05) is 6.92 Å². The Labute approximate surface area is 141 Å². The summed E-state index contributed by atoms with van der Waals surface area (Å²) in [6.45, 7) is 1.86. The third-order valence-corrected chi connectivity index (χ3v) is 5.63. The highest BCUT2D eigenvalue weighted by molar-refractivity contribution is 7.12. The number of nitro benzene ring substituents is 1. The normalized spacial score (nSPS) is 16.0. The lowest BCUT2D eigenvalue weighted by molar-refractivity contribution is -0.384. The number of thiophene rings is 1. The van der Waals surface area contributed by atoms with E-state index < -0.39 is 10.9 Å². The van der Waals surface area contributed by atoms with E-state index in [-0.39, 0.29) is 23.8 Å². The Hall–Kier alpha value is -2.54. The lowest BCUT2D eigenvalue weighted by Gasteiger charge is -2.04. The number of benzene rings is 1. The molecule has 0 aliphatic heterocycles. The molecule has 2 aromatic rings. The number of carboxylic acid groups (broad SMARTS) is 1. The van der Waals surface area contributed by atoms with Crippen LogP contribution in [0.25, 0.3) is 0 Å². The zero-order valence-electron chi connectivity index (χ0n) is 12.9. The van der Waals surface area contributed by atoms with Gasteiger partial charge in [0.15, 0.2) is 5.78 Å². The van der Waals surface area contributed by atoms with Crippen LogP contribution in [0.5, 0.6) is 0 Å². The van der Waals surface area contributed by atoms with Gasteiger partial charge in [-0.05, 0) is 37.5 Å². The van der Waals surface area contributed by atoms with Gasteiger partial charge in [-0.15, -0.1) is 11.3 Å². The second-order valence-electron chi connectivity index (χ2n) is 5.84. The molecular weight excluding hydrogens is 330 g/mol. The predicted molar refractivity (Wildman–Crippen MR) is 88.9 cm³/mol. The summed E-state index contributed by atoms with van der Waals surface area (Å²) in [4.78, 5) is 35.9. The number of rotatable bonds is 5. The fourth-order valence-electron chi connectivity index (χ4n) is 3.22. The van der Waals surface area contributed by atoms with Gasteiger partial charge in [0.05, 0.1) is 11.3 Å². The van der Waals surface area contributed by atoms with Gasteiger partial charge in [-0.25, -0.2) is 0 Å². The van der Waals surface area contributed by atoms with Gasteiger partial charge in [-0.2, -0.15) is 0 Å². The van der Waals surface area contributed by atoms with Crippen molar-refractivity contribution in [3.63, 3.8) is 0 Å². The Morgan fingerprint density at radius 1 is 1.33 bits per heavy atom. The molecule has 1 aromatic carbocycles. The van der Waals surface area contributed by atoms with Crippen molar-refractivity contribution in [3.8, 4) is 0 Å². The Morgan fingerprint density at radius 3 is 2.58 bits per heavy atom. The number of carboxylic acids is 1. The summed E-state index contributed by atoms with van der Waals surface area (Å²) in [5.74, 6) is -1.02. The molecule has 1 N–H and O–H groups in total. The summed E-state index contributed by atoms with van der Waals surface area (Å²) in [5, 5.41) is 19.7. The van der Waals surface area contributed by atoms with Gasteiger partial charge in [-0.1, -0.05) is 0 Å². The number of non-ortho nitro benzene ring substituents is 1. The molecule has 0 bridgehead atoms. The Bertz CT molecular complexity index is 837. The fourth-order valence-corrected chi connectivity index (χ4v) is 4.57. The van der Waals surface area contributed by atoms with Gasteiger partial charge >= 0.3 is 5.97 Å². The highest BCUT2D eigenvalue weighted by atomic mass is 32.1. The SMILES string of the molecule is Cc1sc2c(c1C(=O)c1ccc([N+](=O)[O-])cc1)CCC2CC(=O)O. The summed E-state index contributed by atoms with van der Waals surface area (Å²) in [6, 6.07) is 5.58. The second kappa shape index (κ2) is 6.16. The molecule has 0 saturated heterocycles. The molecule has 0 saturated carbocycles. The number of fused-ring (bicyclic) bond motifs is 1. The van der Waals surface area contributed by atoms with Crippen LogP contribution in [0.15, 0.2) is 24.3 Å². The number of nitrogens with zero attached hydrogens (tertiary/aromatic N) is 1. The van der Waals surface area contributed by atoms with Crippen molar-refractivity contribution in [1.29, 1.82) is 0 Å². The van der Waals surface area contributed by atoms with Crippen LogP contribution in [0.1, 0.15) is 50.0 Å². The number of carbonyl (C=O) groups excluding carboxylic acids is 1. The molecular formula is C17H15NO5S. The average molecular weight is 345 g/mol. The molecule has 1 aliphatic carbocycles. The van der Waals surface area contributed by atoms with Crippen LogP contribution in [-0.4, -0.2) is 21.8 Å². The molecule has 0 amide bonds. The number of ketones is 1. The van der Waals surface area contributed by atoms with Crippen molar-refractivity contribution >= 4 is 28.8 Å². The molecule has 7 heteroatoms. The van der Waals surface area contributed by atoms with Crippen molar-refractivity contribution < 1.29 is 19.6 Å². The van der Waals surface area contributed by atoms with Crippen molar-refractivity contribution in [2.75, 3.05) is 0 Å². The topological polar surface area (TPSA) is 97.5 Å². The third kappa shape index (κ3) is 2.82. The van der Waals surface area contributed by atoms with E-state index in [4.69, 9.17) is 5.11 Å². The molecule has 3 rings (SSSR count). The molecule has 1 aromatic heterocycles. The lowest BCUT2D eigenvalue weighted by Crippen LogP contribution is -2.04. The minimum absolute atomic E-state index is 0.0281. The summed E-state index contributed by atoms with van der Waals surface area (Å²) in [7, 11) is 0. The van der Waals surface area contributed by atoms with Crippen molar-refractivity contribution in [2.24, 2.45) is 0 Å². The summed E-state index contributed by atoms with van der Waals surface area (Å²) < 4.78 is 0. The molecule has 0 radical (unpaired) electrons. The Kier molecular flexibility index (Phi) is 4.19. The molecule has 0 fully saturated rings. The molecule has 6 nitrogen and oxygen atoms in total. The maximum Gasteiger partial charge on any atom is 0.303 e. The largest absolute Gasteiger partial charge is 0.481 e. The zero-order chi connectivity index (χ0) is 17.4. The zero-order valence-corrected chi connectivity index (χ0v) is 13.8. The molecule has 24 heavy (non-hydrogen) atoms. The van der Waals surface area contributed by atoms with Gasteiger partial charge in [0, 0.05) is 38.9 Å². The van der Waals surface area contributed by atoms with Crippen LogP contribution in [0.2, 0.25) is 0 Å². The van der Waals surface area contributed by atoms with Gasteiger partial charge in [0.2, 0.25) is 0 Å². The molecule has 1 heterocycles. The second-order valence-corrected chi connectivity index (χ2v) is 7.10. The van der Waals surface area contributed by atoms with Crippen LogP contribution in [0.3, 0.4) is 0 Å². The number of carbonyl (C=O) groups is 2. The van der Waals surface area contributed by atoms with E-state index in [9.17, 15) is 19.7 Å². The van der Waals surface area contributed by atoms with Crippen LogP contribution >= 0.6 is 11.3 Å². The maximum absolute atomic E-state index is 12.8. The molecule has 1 aliphatic rings. The molecule has 124 valence electrons. The highest BCUT2D eigenvalue weighted by Crippen LogP contribution is 2.44. The number of aryl methyl sites for hydroxylation is 1. The van der Waals surface area contributed by atoms with Crippen molar-refractivity contribution in [2.45, 2.75) is 32.1 Å². The summed E-state index contributed by atoms with van der Waals surface area (Å²) in [5.41, 5.74) is 1.94. The fraction of sp³-hybridized carbons (Fsp3) is 0.294. The minimum atomic E-state index is -0.831. The first kappa shape index (κ1) is 16.3. The van der Waals surface area contributed by atoms with Crippen molar-refractivity contribution in [3.05, 3.63) is 60.8 Å². The van der Waals surface area contributed by atoms with Gasteiger partial charge in [0.25, 0.3) is 5.69 Å². The van der Waals surface area contributed by atoms with E-state index in [1.165, 1.54) is 35.6 Å². The number of aliphatic carboxylic acids is 1. The molecule has 1 unspecified atom stereocenters. The quantitative estimate of drug-likeness (QED) is 0.506. The summed E-state index contributed by atoms with van der Waals surface area (Å²) >= 11 is 1.49. The first-order valence-electron chi connectivity index (χ1n) is 7.51. The Balaban J connectivity index is 1.94. The smallest absolute Gasteiger partial charge is 0.303 e. The standard InChI is InChI=1S/C17H15NO5S/c1-9-15(13-7-4-11(8-14(19)20)17(13)24-9)16(21)10-2-5-12(6-3-10)18(22)23/h2-3,5-6,11H,4,7-8H2,1H3,(H,19,20). The maximum atomic E-state index is 12.8. The van der Waals surface area contributed by atoms with E-state index in [1.54, 1.807) is 0 Å². The van der Waals surface area contributed by atoms with Crippen LogP contribution in [0, 0.1) is 17.0 Å². The van der Waals surface area contributed by atoms with Gasteiger partial charge < -0.3 is 5.11 Å². The van der Waals surface area contributed by atoms with Gasteiger partial charge in [0.1, 0.15) is 0 Å². The van der Waals surface area contributed by atoms with Crippen LogP contribution in [-0.2, 0) is 11.2 Å². The molecule has 0 spiro atoms. The van der Waals surface area contributed by atoms with Gasteiger partial charge in [-0.3, -0.25) is 19.7 Å². The molecule has 1 atom stereocenters. The lowest BCUT2D eigenvalue weighted by atomic mass is 9.98. The first-order valence-corrected chi connectivity index (χ1v) is 8.33. The monoisotopic (exact) mass is 345 g/mol. The van der Waals surface area contributed by atoms with E-state index in [0.717, 1.165) is 21.7 Å². The van der Waals surface area contributed by atoms with Crippen molar-refractivity contribution in [1.82, 2.24) is 0 Å². The number of nitro groups is 1. The average Bonchev–Trinajstić information content (AvgIpc) is 3.05.